The highest BCUT2D eigenvalue weighted by molar-refractivity contribution is 6.06. The number of anilines is 1. The molecule has 6 nitrogen and oxygen atoms in total. The maximum absolute atomic E-state index is 13.0. The first-order valence-electron chi connectivity index (χ1n) is 11.2. The molecule has 4 aromatic carbocycles. The summed E-state index contributed by atoms with van der Waals surface area (Å²) < 4.78 is 0. The van der Waals surface area contributed by atoms with Crippen molar-refractivity contribution < 1.29 is 9.59 Å². The van der Waals surface area contributed by atoms with Crippen molar-refractivity contribution in [2.24, 2.45) is 5.10 Å². The van der Waals surface area contributed by atoms with E-state index in [9.17, 15) is 9.59 Å². The summed E-state index contributed by atoms with van der Waals surface area (Å²) in [5, 5.41) is 8.98. The fraction of sp³-hybridized carbons (Fsp3) is 0.0690. The van der Waals surface area contributed by atoms with E-state index in [0.29, 0.717) is 5.56 Å². The molecule has 0 atom stereocenters. The lowest BCUT2D eigenvalue weighted by Gasteiger charge is -2.12. The van der Waals surface area contributed by atoms with Crippen molar-refractivity contribution in [2.75, 3.05) is 19.0 Å². The van der Waals surface area contributed by atoms with E-state index in [1.165, 1.54) is 0 Å². The second kappa shape index (κ2) is 10.9. The van der Waals surface area contributed by atoms with Crippen LogP contribution >= 0.6 is 0 Å². The van der Waals surface area contributed by atoms with Crippen LogP contribution in [0.2, 0.25) is 0 Å². The molecule has 4 rings (SSSR count). The van der Waals surface area contributed by atoms with E-state index in [4.69, 9.17) is 0 Å². The van der Waals surface area contributed by atoms with E-state index in [1.807, 2.05) is 91.8 Å². The number of hydrazone groups is 1. The normalized spacial score (nSPS) is 11.4. The van der Waals surface area contributed by atoms with Gasteiger partial charge in [0, 0.05) is 30.9 Å². The lowest BCUT2D eigenvalue weighted by Crippen LogP contribution is -2.32. The average molecular weight is 463 g/mol. The molecule has 174 valence electrons. The Hall–Kier alpha value is -4.71. The van der Waals surface area contributed by atoms with Crippen LogP contribution in [0.25, 0.3) is 16.8 Å². The summed E-state index contributed by atoms with van der Waals surface area (Å²) in [7, 11) is 3.91. The van der Waals surface area contributed by atoms with Gasteiger partial charge in [-0.2, -0.15) is 5.10 Å². The van der Waals surface area contributed by atoms with Crippen LogP contribution in [0.15, 0.2) is 108 Å². The van der Waals surface area contributed by atoms with E-state index < -0.39 is 5.91 Å². The molecule has 2 amide bonds. The van der Waals surface area contributed by atoms with Crippen molar-refractivity contribution >= 4 is 40.6 Å². The van der Waals surface area contributed by atoms with Crippen molar-refractivity contribution in [2.45, 2.75) is 0 Å². The number of carbonyl (C=O) groups is 2. The van der Waals surface area contributed by atoms with Gasteiger partial charge in [-0.1, -0.05) is 72.8 Å². The number of rotatable bonds is 7. The molecule has 0 bridgehead atoms. The van der Waals surface area contributed by atoms with Crippen molar-refractivity contribution in [3.8, 4) is 0 Å². The summed E-state index contributed by atoms with van der Waals surface area (Å²) >= 11 is 0. The summed E-state index contributed by atoms with van der Waals surface area (Å²) in [6.45, 7) is 0. The Balaban J connectivity index is 1.57. The third kappa shape index (κ3) is 6.00. The number of nitrogens with zero attached hydrogens (tertiary/aromatic N) is 2. The Morgan fingerprint density at radius 1 is 0.800 bits per heavy atom. The zero-order valence-electron chi connectivity index (χ0n) is 19.6. The summed E-state index contributed by atoms with van der Waals surface area (Å²) in [6, 6.07) is 30.3. The number of hydrogen-bond donors (Lipinski definition) is 2. The van der Waals surface area contributed by atoms with Gasteiger partial charge in [0.25, 0.3) is 11.8 Å². The van der Waals surface area contributed by atoms with Gasteiger partial charge in [0.15, 0.2) is 0 Å². The number of benzene rings is 4. The summed E-state index contributed by atoms with van der Waals surface area (Å²) in [5.74, 6) is -0.905. The van der Waals surface area contributed by atoms with Gasteiger partial charge in [-0.25, -0.2) is 5.43 Å². The molecular weight excluding hydrogens is 436 g/mol. The van der Waals surface area contributed by atoms with Crippen LogP contribution in [-0.4, -0.2) is 32.1 Å². The Bertz CT molecular complexity index is 1390. The topological polar surface area (TPSA) is 73.8 Å². The molecule has 2 N–H and O–H groups in total. The van der Waals surface area contributed by atoms with E-state index in [0.717, 1.165) is 27.6 Å². The quantitative estimate of drug-likeness (QED) is 0.235. The summed E-state index contributed by atoms with van der Waals surface area (Å²) in [4.78, 5) is 27.8. The van der Waals surface area contributed by atoms with Crippen molar-refractivity contribution in [1.29, 1.82) is 0 Å². The van der Waals surface area contributed by atoms with Crippen LogP contribution in [0.5, 0.6) is 0 Å². The third-order valence-electron chi connectivity index (χ3n) is 5.44. The lowest BCUT2D eigenvalue weighted by atomic mass is 10.1. The molecule has 0 aliphatic heterocycles. The van der Waals surface area contributed by atoms with Crippen LogP contribution in [0.3, 0.4) is 0 Å². The predicted molar refractivity (Wildman–Crippen MR) is 142 cm³/mol. The van der Waals surface area contributed by atoms with Crippen LogP contribution in [0, 0.1) is 0 Å². The fourth-order valence-corrected chi connectivity index (χ4v) is 3.56. The van der Waals surface area contributed by atoms with Crippen LogP contribution in [0.1, 0.15) is 21.5 Å². The Kier molecular flexibility index (Phi) is 7.33. The number of hydrogen-bond acceptors (Lipinski definition) is 4. The molecule has 0 spiro atoms. The second-order valence-corrected chi connectivity index (χ2v) is 8.13. The Morgan fingerprint density at radius 2 is 1.49 bits per heavy atom. The van der Waals surface area contributed by atoms with E-state index >= 15 is 0 Å². The minimum absolute atomic E-state index is 0.0894. The minimum atomic E-state index is -0.526. The van der Waals surface area contributed by atoms with Crippen molar-refractivity contribution in [3.05, 3.63) is 119 Å². The molecular formula is C29H26N4O2. The highest BCUT2D eigenvalue weighted by atomic mass is 16.2. The molecule has 0 heterocycles. The van der Waals surface area contributed by atoms with E-state index in [-0.39, 0.29) is 11.6 Å². The van der Waals surface area contributed by atoms with Crippen LogP contribution in [-0.2, 0) is 4.79 Å². The first-order valence-corrected chi connectivity index (χ1v) is 11.2. The molecule has 35 heavy (non-hydrogen) atoms. The van der Waals surface area contributed by atoms with Crippen LogP contribution < -0.4 is 15.6 Å². The largest absolute Gasteiger partial charge is 0.378 e. The van der Waals surface area contributed by atoms with Gasteiger partial charge in [0.2, 0.25) is 0 Å². The Morgan fingerprint density at radius 3 is 2.23 bits per heavy atom. The standard InChI is InChI=1S/C29H26N4O2/c1-33(2)25-17-15-21(16-18-25)19-27(31-28(34)23-10-4-3-5-11-23)29(35)32-30-20-24-13-8-12-22-9-6-7-14-26(22)24/h3-20H,1-2H3,(H,31,34)(H,32,35)/b27-19-,30-20-. The monoisotopic (exact) mass is 462 g/mol. The molecule has 0 saturated carbocycles. The highest BCUT2D eigenvalue weighted by Gasteiger charge is 2.14. The van der Waals surface area contributed by atoms with E-state index in [1.54, 1.807) is 36.6 Å². The van der Waals surface area contributed by atoms with Gasteiger partial charge in [0.1, 0.15) is 5.70 Å². The van der Waals surface area contributed by atoms with Gasteiger partial charge in [0.05, 0.1) is 6.21 Å². The number of fused-ring (bicyclic) bond motifs is 1. The highest BCUT2D eigenvalue weighted by Crippen LogP contribution is 2.17. The SMILES string of the molecule is CN(C)c1ccc(/C=C(\NC(=O)c2ccccc2)C(=O)N/N=C\c2cccc3ccccc23)cc1. The molecule has 0 aromatic heterocycles. The summed E-state index contributed by atoms with van der Waals surface area (Å²) in [5.41, 5.74) is 5.76. The van der Waals surface area contributed by atoms with Gasteiger partial charge in [-0.3, -0.25) is 9.59 Å². The molecule has 0 aliphatic carbocycles. The van der Waals surface area contributed by atoms with E-state index in [2.05, 4.69) is 15.8 Å². The second-order valence-electron chi connectivity index (χ2n) is 8.13. The Labute approximate surface area is 204 Å². The predicted octanol–water partition coefficient (Wildman–Crippen LogP) is 4.83. The van der Waals surface area contributed by atoms with Crippen molar-refractivity contribution in [1.82, 2.24) is 10.7 Å². The van der Waals surface area contributed by atoms with Crippen LogP contribution in [0.4, 0.5) is 5.69 Å². The molecule has 0 unspecified atom stereocenters. The smallest absolute Gasteiger partial charge is 0.287 e. The zero-order chi connectivity index (χ0) is 24.6. The molecule has 4 aromatic rings. The number of nitrogens with one attached hydrogen (secondary N) is 2. The molecule has 0 saturated heterocycles. The number of amides is 2. The lowest BCUT2D eigenvalue weighted by molar-refractivity contribution is -0.117. The van der Waals surface area contributed by atoms with Gasteiger partial charge in [-0.15, -0.1) is 0 Å². The van der Waals surface area contributed by atoms with Crippen molar-refractivity contribution in [3.63, 3.8) is 0 Å². The molecule has 6 heteroatoms. The molecule has 0 aliphatic rings. The van der Waals surface area contributed by atoms with Gasteiger partial charge >= 0.3 is 0 Å². The fourth-order valence-electron chi connectivity index (χ4n) is 3.56. The third-order valence-corrected chi connectivity index (χ3v) is 5.44. The first-order chi connectivity index (χ1) is 17.0. The maximum atomic E-state index is 13.0. The molecule has 0 radical (unpaired) electrons. The number of carbonyl (C=O) groups excluding carboxylic acids is 2. The summed E-state index contributed by atoms with van der Waals surface area (Å²) in [6.07, 6.45) is 3.23. The van der Waals surface area contributed by atoms with Gasteiger partial charge < -0.3 is 10.2 Å². The maximum Gasteiger partial charge on any atom is 0.287 e. The first kappa shape index (κ1) is 23.4. The average Bonchev–Trinajstić information content (AvgIpc) is 2.89. The van der Waals surface area contributed by atoms with Gasteiger partial charge in [-0.05, 0) is 46.7 Å². The minimum Gasteiger partial charge on any atom is -0.378 e. The zero-order valence-corrected chi connectivity index (χ0v) is 19.6. The molecule has 0 fully saturated rings.